The number of methoxy groups -OCH3 is 2. The predicted octanol–water partition coefficient (Wildman–Crippen LogP) is 14.3. The number of hydrogen-bond donors (Lipinski definition) is 3. The summed E-state index contributed by atoms with van der Waals surface area (Å²) in [5.74, 6) is 0.578. The summed E-state index contributed by atoms with van der Waals surface area (Å²) in [7, 11) is 3.27. The van der Waals surface area contributed by atoms with Crippen LogP contribution in [0.15, 0.2) is 145 Å². The topological polar surface area (TPSA) is 54.5 Å². The number of benzene rings is 6. The van der Waals surface area contributed by atoms with Crippen molar-refractivity contribution < 1.29 is 31.4 Å². The molecule has 0 aliphatic carbocycles. The molecule has 14 heteroatoms. The van der Waals surface area contributed by atoms with Gasteiger partial charge in [0.1, 0.15) is 40.6 Å². The summed E-state index contributed by atoms with van der Waals surface area (Å²) in [6, 6.07) is 32.5. The summed E-state index contributed by atoms with van der Waals surface area (Å²) in [4.78, 5) is 5.00. The van der Waals surface area contributed by atoms with E-state index in [2.05, 4.69) is 16.0 Å². The van der Waals surface area contributed by atoms with Gasteiger partial charge in [-0.15, -0.1) is 0 Å². The number of nitrogens with one attached hydrogen (secondary N) is 3. The van der Waals surface area contributed by atoms with Crippen LogP contribution in [0.2, 0.25) is 5.02 Å². The van der Waals surface area contributed by atoms with Gasteiger partial charge >= 0.3 is 0 Å². The number of piperidine rings is 3. The van der Waals surface area contributed by atoms with E-state index in [0.717, 1.165) is 138 Å². The molecule has 0 radical (unpaired) electrons. The second kappa shape index (κ2) is 25.4. The van der Waals surface area contributed by atoms with E-state index < -0.39 is 11.6 Å². The van der Waals surface area contributed by atoms with Gasteiger partial charge in [0.25, 0.3) is 0 Å². The van der Waals surface area contributed by atoms with Crippen molar-refractivity contribution in [2.45, 2.75) is 85.7 Å². The van der Waals surface area contributed by atoms with Crippen LogP contribution in [0.1, 0.15) is 73.0 Å². The Hall–Kier alpha value is -4.21. The predicted molar refractivity (Wildman–Crippen MR) is 263 cm³/mol. The average Bonchev–Trinajstić information content (AvgIpc) is 3.35. The van der Waals surface area contributed by atoms with Gasteiger partial charge in [0.15, 0.2) is 0 Å². The van der Waals surface area contributed by atoms with Gasteiger partial charge in [-0.3, -0.25) is 0 Å². The number of rotatable bonds is 11. The van der Waals surface area contributed by atoms with E-state index >= 15 is 0 Å². The number of halogens is 6. The maximum Gasteiger partial charge on any atom is 0.140 e. The molecule has 3 N–H and O–H groups in total. The minimum absolute atomic E-state index is 0.0783. The summed E-state index contributed by atoms with van der Waals surface area (Å²) < 4.78 is 80.4. The molecule has 3 fully saturated rings. The molecule has 3 aliphatic heterocycles. The summed E-state index contributed by atoms with van der Waals surface area (Å²) in [6.07, 6.45) is 5.64. The van der Waals surface area contributed by atoms with Crippen molar-refractivity contribution >= 4 is 46.9 Å². The monoisotopic (exact) mass is 991 g/mol. The largest absolute Gasteiger partial charge is 0.497 e. The highest BCUT2D eigenvalue weighted by Gasteiger charge is 2.25. The zero-order valence-corrected chi connectivity index (χ0v) is 40.7. The molecule has 0 saturated carbocycles. The molecule has 0 amide bonds. The van der Waals surface area contributed by atoms with Gasteiger partial charge < -0.3 is 25.4 Å². The van der Waals surface area contributed by atoms with Gasteiger partial charge in [0, 0.05) is 52.1 Å². The van der Waals surface area contributed by atoms with E-state index in [1.54, 1.807) is 68.4 Å². The van der Waals surface area contributed by atoms with Crippen LogP contribution in [0.5, 0.6) is 11.5 Å². The Balaban J connectivity index is 0.000000149. The minimum atomic E-state index is -0.620. The fourth-order valence-electron chi connectivity index (χ4n) is 8.60. The summed E-state index contributed by atoms with van der Waals surface area (Å²) >= 11 is 10.6. The maximum atomic E-state index is 14.5. The molecule has 6 aromatic rings. The van der Waals surface area contributed by atoms with Gasteiger partial charge in [-0.05, 0) is 187 Å². The van der Waals surface area contributed by atoms with Crippen molar-refractivity contribution in [3.8, 4) is 11.5 Å². The van der Waals surface area contributed by atoms with Crippen LogP contribution in [-0.4, -0.2) is 53.5 Å². The molecule has 9 rings (SSSR count). The van der Waals surface area contributed by atoms with E-state index in [-0.39, 0.29) is 29.3 Å². The molecule has 354 valence electrons. The number of ether oxygens (including phenoxy) is 2. The molecular weight excluding hydrogens is 937 g/mol. The van der Waals surface area contributed by atoms with Crippen LogP contribution < -0.4 is 25.4 Å². The van der Waals surface area contributed by atoms with Crippen LogP contribution in [0, 0.1) is 29.1 Å². The van der Waals surface area contributed by atoms with Crippen molar-refractivity contribution in [1.82, 2.24) is 16.0 Å². The third-order valence-corrected chi connectivity index (χ3v) is 15.8. The smallest absolute Gasteiger partial charge is 0.140 e. The Morgan fingerprint density at radius 2 is 0.836 bits per heavy atom. The zero-order chi connectivity index (χ0) is 47.1. The molecule has 0 bridgehead atoms. The lowest BCUT2D eigenvalue weighted by molar-refractivity contribution is 0.414. The Bertz CT molecular complexity index is 2540. The summed E-state index contributed by atoms with van der Waals surface area (Å²) in [5, 5.41) is 10.6. The molecule has 67 heavy (non-hydrogen) atoms. The average molecular weight is 993 g/mol. The molecule has 0 spiro atoms. The van der Waals surface area contributed by atoms with Crippen LogP contribution in [-0.2, 0) is 0 Å². The highest BCUT2D eigenvalue weighted by atomic mass is 35.5. The van der Waals surface area contributed by atoms with Gasteiger partial charge in [0.05, 0.1) is 19.2 Å². The van der Waals surface area contributed by atoms with Gasteiger partial charge in [-0.25, -0.2) is 22.0 Å². The molecule has 0 atom stereocenters. The van der Waals surface area contributed by atoms with E-state index in [4.69, 9.17) is 21.1 Å². The second-order valence-corrected chi connectivity index (χ2v) is 20.1. The minimum Gasteiger partial charge on any atom is -0.497 e. The Kier molecular flexibility index (Phi) is 19.2. The SMILES string of the molecule is COc1ccc(Sc2cccc(F)c2C2CCNCC2)c(Cl)c1.COc1ccc(Sc2cccc(F)c2C2CCNCC2)cc1.Fc1ccc(Sc2cccc(F)c2C2CCNCC2)c(F)c1. The van der Waals surface area contributed by atoms with Crippen LogP contribution in [0.4, 0.5) is 22.0 Å². The lowest BCUT2D eigenvalue weighted by Crippen LogP contribution is -2.27. The molecule has 3 heterocycles. The lowest BCUT2D eigenvalue weighted by atomic mass is 9.90. The highest BCUT2D eigenvalue weighted by Crippen LogP contribution is 2.43. The molecule has 0 aromatic heterocycles. The summed E-state index contributed by atoms with van der Waals surface area (Å²) in [5.41, 5.74) is 2.36. The van der Waals surface area contributed by atoms with Crippen LogP contribution in [0.3, 0.4) is 0 Å². The molecule has 6 aromatic carbocycles. The fraction of sp³-hybridized carbons (Fsp3) is 0.321. The van der Waals surface area contributed by atoms with E-state index in [1.165, 1.54) is 30.0 Å². The molecular formula is C53H55ClF5N3O2S3. The van der Waals surface area contributed by atoms with Crippen LogP contribution in [0.25, 0.3) is 0 Å². The van der Waals surface area contributed by atoms with E-state index in [1.807, 2.05) is 48.5 Å². The van der Waals surface area contributed by atoms with Crippen LogP contribution >= 0.6 is 46.9 Å². The maximum absolute atomic E-state index is 14.5. The second-order valence-electron chi connectivity index (χ2n) is 16.4. The molecule has 3 saturated heterocycles. The van der Waals surface area contributed by atoms with Crippen molar-refractivity contribution in [3.63, 3.8) is 0 Å². The normalized spacial score (nSPS) is 15.8. The summed E-state index contributed by atoms with van der Waals surface area (Å²) in [6.45, 7) is 5.51. The Labute approximate surface area is 408 Å². The van der Waals surface area contributed by atoms with Crippen molar-refractivity contribution in [2.24, 2.45) is 0 Å². The highest BCUT2D eigenvalue weighted by molar-refractivity contribution is 8.00. The van der Waals surface area contributed by atoms with Gasteiger partial charge in [-0.1, -0.05) is 65.1 Å². The van der Waals surface area contributed by atoms with E-state index in [9.17, 15) is 22.0 Å². The first kappa shape index (κ1) is 50.7. The first-order chi connectivity index (χ1) is 32.6. The quantitative estimate of drug-likeness (QED) is 0.111. The molecule has 0 unspecified atom stereocenters. The van der Waals surface area contributed by atoms with Gasteiger partial charge in [0.2, 0.25) is 0 Å². The molecule has 3 aliphatic rings. The number of hydrogen-bond acceptors (Lipinski definition) is 8. The molecule has 5 nitrogen and oxygen atoms in total. The Morgan fingerprint density at radius 3 is 1.25 bits per heavy atom. The van der Waals surface area contributed by atoms with Crippen molar-refractivity contribution in [2.75, 3.05) is 53.5 Å². The third kappa shape index (κ3) is 14.0. The van der Waals surface area contributed by atoms with Crippen molar-refractivity contribution in [3.05, 3.63) is 166 Å². The third-order valence-electron chi connectivity index (χ3n) is 12.0. The Morgan fingerprint density at radius 1 is 0.433 bits per heavy atom. The standard InChI is InChI=1S/C18H19ClFNOS.C18H20FNOS.C17H16F3NS/c1-22-13-5-6-16(14(19)11-13)23-17-4-2-3-15(20)18(17)12-7-9-21-10-8-12;1-21-14-5-7-15(8-6-14)22-17-4-2-3-16(19)18(17)13-9-11-20-12-10-13;18-12-4-5-15(14(20)10-12)22-16-3-1-2-13(19)17(16)11-6-8-21-9-7-11/h2-6,11-12,21H,7-10H2,1H3;2-8,13,20H,9-12H2,1H3;1-5,10-11,21H,6-9H2. The lowest BCUT2D eigenvalue weighted by Gasteiger charge is -2.25. The fourth-order valence-corrected chi connectivity index (χ4v) is 12.0. The first-order valence-corrected chi connectivity index (χ1v) is 25.4. The first-order valence-electron chi connectivity index (χ1n) is 22.5. The van der Waals surface area contributed by atoms with Gasteiger partial charge in [-0.2, -0.15) is 0 Å². The zero-order valence-electron chi connectivity index (χ0n) is 37.5. The van der Waals surface area contributed by atoms with Crippen molar-refractivity contribution in [1.29, 1.82) is 0 Å². The van der Waals surface area contributed by atoms with E-state index in [0.29, 0.717) is 26.3 Å².